The molecular formula is C26H28N6O3S. The maximum Gasteiger partial charge on any atom is 0.257 e. The van der Waals surface area contributed by atoms with Crippen molar-refractivity contribution in [2.45, 2.75) is 19.9 Å². The van der Waals surface area contributed by atoms with E-state index in [0.29, 0.717) is 60.5 Å². The molecule has 1 aliphatic heterocycles. The molecule has 186 valence electrons. The number of morpholine rings is 1. The topological polar surface area (TPSA) is 115 Å². The first-order valence-corrected chi connectivity index (χ1v) is 12.6. The van der Waals surface area contributed by atoms with Gasteiger partial charge in [-0.15, -0.1) is 11.3 Å². The summed E-state index contributed by atoms with van der Waals surface area (Å²) >= 11 is 1.57. The van der Waals surface area contributed by atoms with Crippen LogP contribution in [-0.2, 0) is 4.74 Å². The minimum Gasteiger partial charge on any atom is -0.496 e. The van der Waals surface area contributed by atoms with E-state index in [-0.39, 0.29) is 11.9 Å². The molecule has 1 saturated heterocycles. The maximum absolute atomic E-state index is 13.2. The van der Waals surface area contributed by atoms with E-state index in [1.54, 1.807) is 34.9 Å². The largest absolute Gasteiger partial charge is 0.496 e. The number of hydrogen-bond acceptors (Lipinski definition) is 9. The second kappa shape index (κ2) is 10.1. The van der Waals surface area contributed by atoms with Crippen molar-refractivity contribution in [2.24, 2.45) is 0 Å². The van der Waals surface area contributed by atoms with E-state index >= 15 is 0 Å². The number of ether oxygens (including phenoxy) is 2. The molecule has 1 aliphatic rings. The maximum atomic E-state index is 13.2. The summed E-state index contributed by atoms with van der Waals surface area (Å²) in [5.41, 5.74) is 11.9. The molecule has 4 aromatic rings. The second-order valence-electron chi connectivity index (χ2n) is 8.71. The SMILES string of the molecule is COc1cc2c(NC(C)c3cc(N)cc(-c4cncs4)c3)nc(C)nc2cc1C(=O)N1CCOCC1. The number of fused-ring (bicyclic) bond motifs is 1. The lowest BCUT2D eigenvalue weighted by Gasteiger charge is -2.27. The van der Waals surface area contributed by atoms with Gasteiger partial charge in [-0.05, 0) is 55.3 Å². The summed E-state index contributed by atoms with van der Waals surface area (Å²) in [6, 6.07) is 9.54. The van der Waals surface area contributed by atoms with Crippen molar-refractivity contribution < 1.29 is 14.3 Å². The lowest BCUT2D eigenvalue weighted by molar-refractivity contribution is 0.0301. The molecule has 0 bridgehead atoms. The molecule has 1 amide bonds. The monoisotopic (exact) mass is 504 g/mol. The molecule has 1 fully saturated rings. The number of anilines is 2. The van der Waals surface area contributed by atoms with Gasteiger partial charge in [0.25, 0.3) is 5.91 Å². The molecule has 2 aromatic heterocycles. The van der Waals surface area contributed by atoms with Crippen LogP contribution in [0.1, 0.15) is 34.7 Å². The molecule has 2 aromatic carbocycles. The number of methoxy groups -OCH3 is 1. The number of thiazole rings is 1. The molecule has 1 atom stereocenters. The third-order valence-electron chi connectivity index (χ3n) is 6.21. The molecule has 0 saturated carbocycles. The van der Waals surface area contributed by atoms with E-state index in [2.05, 4.69) is 33.3 Å². The van der Waals surface area contributed by atoms with Crippen molar-refractivity contribution in [3.63, 3.8) is 0 Å². The highest BCUT2D eigenvalue weighted by Crippen LogP contribution is 2.33. The first kappa shape index (κ1) is 24.0. The van der Waals surface area contributed by atoms with Crippen LogP contribution in [0, 0.1) is 6.92 Å². The summed E-state index contributed by atoms with van der Waals surface area (Å²) in [5, 5.41) is 4.29. The van der Waals surface area contributed by atoms with Crippen LogP contribution in [0.15, 0.2) is 42.0 Å². The minimum absolute atomic E-state index is 0.0912. The Labute approximate surface area is 213 Å². The van der Waals surface area contributed by atoms with Crippen LogP contribution in [-0.4, -0.2) is 59.2 Å². The second-order valence-corrected chi connectivity index (χ2v) is 9.60. The van der Waals surface area contributed by atoms with Crippen molar-refractivity contribution in [1.82, 2.24) is 19.9 Å². The van der Waals surface area contributed by atoms with Crippen molar-refractivity contribution in [3.8, 4) is 16.2 Å². The zero-order chi connectivity index (χ0) is 25.2. The molecule has 9 nitrogen and oxygen atoms in total. The van der Waals surface area contributed by atoms with Crippen LogP contribution in [0.5, 0.6) is 5.75 Å². The zero-order valence-corrected chi connectivity index (χ0v) is 21.3. The summed E-state index contributed by atoms with van der Waals surface area (Å²) in [6.07, 6.45) is 1.84. The number of benzene rings is 2. The van der Waals surface area contributed by atoms with Gasteiger partial charge in [0.1, 0.15) is 17.4 Å². The Kier molecular flexibility index (Phi) is 6.71. The van der Waals surface area contributed by atoms with Gasteiger partial charge in [0.15, 0.2) is 0 Å². The minimum atomic E-state index is -0.0988. The quantitative estimate of drug-likeness (QED) is 0.374. The molecule has 0 aliphatic carbocycles. The van der Waals surface area contributed by atoms with Gasteiger partial charge in [0, 0.05) is 30.4 Å². The standard InChI is InChI=1S/C26H28N6O3S/c1-15(17-8-18(10-19(27)9-17)24-13-28-14-36-24)29-25-20-12-23(34-3)21(11-22(20)30-16(2)31-25)26(33)32-4-6-35-7-5-32/h8-15H,4-7,27H2,1-3H3,(H,29,30,31). The first-order chi connectivity index (χ1) is 17.4. The number of nitrogens with zero attached hydrogens (tertiary/aromatic N) is 4. The number of aromatic nitrogens is 3. The predicted octanol–water partition coefficient (Wildman–Crippen LogP) is 4.30. The molecule has 10 heteroatoms. The number of hydrogen-bond donors (Lipinski definition) is 2. The Morgan fingerprint density at radius 1 is 1.19 bits per heavy atom. The smallest absolute Gasteiger partial charge is 0.257 e. The molecule has 0 radical (unpaired) electrons. The number of carbonyl (C=O) groups is 1. The van der Waals surface area contributed by atoms with Crippen LogP contribution >= 0.6 is 11.3 Å². The number of amides is 1. The predicted molar refractivity (Wildman–Crippen MR) is 142 cm³/mol. The fraction of sp³-hybridized carbons (Fsp3) is 0.308. The average Bonchev–Trinajstić information content (AvgIpc) is 3.43. The fourth-order valence-electron chi connectivity index (χ4n) is 4.37. The van der Waals surface area contributed by atoms with Gasteiger partial charge in [-0.3, -0.25) is 9.78 Å². The average molecular weight is 505 g/mol. The Bertz CT molecular complexity index is 1400. The third kappa shape index (κ3) is 4.82. The van der Waals surface area contributed by atoms with Gasteiger partial charge >= 0.3 is 0 Å². The number of nitrogens with two attached hydrogens (primary N) is 1. The van der Waals surface area contributed by atoms with Gasteiger partial charge in [0.05, 0.1) is 47.8 Å². The zero-order valence-electron chi connectivity index (χ0n) is 20.4. The summed E-state index contributed by atoms with van der Waals surface area (Å²) in [6.45, 7) is 6.06. The molecule has 5 rings (SSSR count). The molecule has 3 heterocycles. The number of carbonyl (C=O) groups excluding carboxylic acids is 1. The normalized spacial score (nSPS) is 14.6. The van der Waals surface area contributed by atoms with E-state index < -0.39 is 0 Å². The highest BCUT2D eigenvalue weighted by atomic mass is 32.1. The Morgan fingerprint density at radius 3 is 2.72 bits per heavy atom. The molecule has 3 N–H and O–H groups in total. The van der Waals surface area contributed by atoms with Crippen LogP contribution in [0.2, 0.25) is 0 Å². The number of rotatable bonds is 6. The Balaban J connectivity index is 1.50. The summed E-state index contributed by atoms with van der Waals surface area (Å²) < 4.78 is 11.0. The molecule has 1 unspecified atom stereocenters. The number of nitrogen functional groups attached to an aromatic ring is 1. The van der Waals surface area contributed by atoms with Crippen molar-refractivity contribution in [2.75, 3.05) is 44.5 Å². The van der Waals surface area contributed by atoms with Crippen LogP contribution in [0.25, 0.3) is 21.3 Å². The van der Waals surface area contributed by atoms with Gasteiger partial charge < -0.3 is 25.4 Å². The Morgan fingerprint density at radius 2 is 2.00 bits per heavy atom. The summed E-state index contributed by atoms with van der Waals surface area (Å²) in [5.74, 6) is 1.66. The van der Waals surface area contributed by atoms with Crippen molar-refractivity contribution in [1.29, 1.82) is 0 Å². The van der Waals surface area contributed by atoms with E-state index in [4.69, 9.17) is 15.2 Å². The van der Waals surface area contributed by atoms with Crippen LogP contribution < -0.4 is 15.8 Å². The van der Waals surface area contributed by atoms with Gasteiger partial charge in [-0.25, -0.2) is 9.97 Å². The highest BCUT2D eigenvalue weighted by molar-refractivity contribution is 7.13. The van der Waals surface area contributed by atoms with Crippen molar-refractivity contribution in [3.05, 3.63) is 59.0 Å². The lowest BCUT2D eigenvalue weighted by atomic mass is 10.0. The number of aryl methyl sites for hydroxylation is 1. The molecular weight excluding hydrogens is 476 g/mol. The molecule has 0 spiro atoms. The van der Waals surface area contributed by atoms with Gasteiger partial charge in [-0.1, -0.05) is 0 Å². The van der Waals surface area contributed by atoms with E-state index in [9.17, 15) is 4.79 Å². The summed E-state index contributed by atoms with van der Waals surface area (Å²) in [7, 11) is 1.57. The highest BCUT2D eigenvalue weighted by Gasteiger charge is 2.24. The lowest BCUT2D eigenvalue weighted by Crippen LogP contribution is -2.40. The van der Waals surface area contributed by atoms with Crippen molar-refractivity contribution >= 4 is 39.7 Å². The number of nitrogens with one attached hydrogen (secondary N) is 1. The van der Waals surface area contributed by atoms with E-state index in [0.717, 1.165) is 21.4 Å². The molecule has 36 heavy (non-hydrogen) atoms. The first-order valence-electron chi connectivity index (χ1n) is 11.7. The van der Waals surface area contributed by atoms with E-state index in [1.807, 2.05) is 31.3 Å². The Hall–Kier alpha value is -3.76. The third-order valence-corrected chi connectivity index (χ3v) is 7.03. The van der Waals surface area contributed by atoms with Crippen LogP contribution in [0.3, 0.4) is 0 Å². The summed E-state index contributed by atoms with van der Waals surface area (Å²) in [4.78, 5) is 29.5. The fourth-order valence-corrected chi connectivity index (χ4v) is 4.98. The van der Waals surface area contributed by atoms with Gasteiger partial charge in [-0.2, -0.15) is 0 Å². The van der Waals surface area contributed by atoms with Crippen LogP contribution in [0.4, 0.5) is 11.5 Å². The van der Waals surface area contributed by atoms with Gasteiger partial charge in [0.2, 0.25) is 0 Å². The van der Waals surface area contributed by atoms with E-state index in [1.165, 1.54) is 0 Å².